The first-order valence-electron chi connectivity index (χ1n) is 8.18. The molecule has 2 atom stereocenters. The van der Waals surface area contributed by atoms with Gasteiger partial charge in [-0.1, -0.05) is 50.8 Å². The lowest BCUT2D eigenvalue weighted by molar-refractivity contribution is -0.123. The lowest BCUT2D eigenvalue weighted by Gasteiger charge is -2.31. The van der Waals surface area contributed by atoms with E-state index in [1.807, 2.05) is 29.2 Å². The molecule has 2 rings (SSSR count). The Kier molecular flexibility index (Phi) is 6.10. The fourth-order valence-electron chi connectivity index (χ4n) is 3.21. The third-order valence-electron chi connectivity index (χ3n) is 4.41. The molecular formula is C18H26ClNO. The normalized spacial score (nSPS) is 22.0. The molecule has 1 amide bonds. The summed E-state index contributed by atoms with van der Waals surface area (Å²) in [4.78, 5) is 14.9. The molecule has 116 valence electrons. The SMILES string of the molecule is CCCCN(C(=O)C1CCCC(C)C1)c1cccc(Cl)c1. The standard InChI is InChI=1S/C18H26ClNO/c1-3-4-11-20(17-10-6-9-16(19)13-17)18(21)15-8-5-7-14(2)12-15/h6,9-10,13-15H,3-5,7-8,11-12H2,1-2H3. The first-order valence-corrected chi connectivity index (χ1v) is 8.56. The molecule has 1 aromatic carbocycles. The zero-order chi connectivity index (χ0) is 15.2. The van der Waals surface area contributed by atoms with E-state index in [-0.39, 0.29) is 11.8 Å². The Labute approximate surface area is 133 Å². The molecule has 0 spiro atoms. The van der Waals surface area contributed by atoms with Crippen LogP contribution in [0.2, 0.25) is 5.02 Å². The number of rotatable bonds is 5. The van der Waals surface area contributed by atoms with Gasteiger partial charge in [0.05, 0.1) is 0 Å². The van der Waals surface area contributed by atoms with E-state index in [1.165, 1.54) is 12.8 Å². The maximum atomic E-state index is 12.9. The molecule has 0 bridgehead atoms. The summed E-state index contributed by atoms with van der Waals surface area (Å²) in [5.74, 6) is 1.14. The zero-order valence-corrected chi connectivity index (χ0v) is 13.9. The van der Waals surface area contributed by atoms with E-state index < -0.39 is 0 Å². The molecule has 2 unspecified atom stereocenters. The number of carbonyl (C=O) groups excluding carboxylic acids is 1. The monoisotopic (exact) mass is 307 g/mol. The number of benzene rings is 1. The second-order valence-corrected chi connectivity index (χ2v) is 6.73. The van der Waals surface area contributed by atoms with Crippen molar-refractivity contribution in [2.24, 2.45) is 11.8 Å². The van der Waals surface area contributed by atoms with Gasteiger partial charge in [0.25, 0.3) is 0 Å². The molecule has 0 N–H and O–H groups in total. The number of carbonyl (C=O) groups is 1. The Bertz CT molecular complexity index is 474. The van der Waals surface area contributed by atoms with Crippen LogP contribution < -0.4 is 4.90 Å². The molecule has 0 aromatic heterocycles. The largest absolute Gasteiger partial charge is 0.312 e. The van der Waals surface area contributed by atoms with Crippen molar-refractivity contribution in [3.05, 3.63) is 29.3 Å². The van der Waals surface area contributed by atoms with E-state index in [0.717, 1.165) is 37.9 Å². The van der Waals surface area contributed by atoms with Crippen LogP contribution in [0.15, 0.2) is 24.3 Å². The number of hydrogen-bond donors (Lipinski definition) is 0. The van der Waals surface area contributed by atoms with Gasteiger partial charge in [0.1, 0.15) is 0 Å². The van der Waals surface area contributed by atoms with E-state index in [0.29, 0.717) is 10.9 Å². The van der Waals surface area contributed by atoms with Gasteiger partial charge in [-0.05, 0) is 43.4 Å². The van der Waals surface area contributed by atoms with Crippen LogP contribution >= 0.6 is 11.6 Å². The number of nitrogens with zero attached hydrogens (tertiary/aromatic N) is 1. The molecule has 1 aliphatic rings. The van der Waals surface area contributed by atoms with Crippen molar-refractivity contribution >= 4 is 23.2 Å². The number of hydrogen-bond acceptors (Lipinski definition) is 1. The van der Waals surface area contributed by atoms with Crippen LogP contribution in [0.1, 0.15) is 52.4 Å². The van der Waals surface area contributed by atoms with Gasteiger partial charge in [0.15, 0.2) is 0 Å². The van der Waals surface area contributed by atoms with Crippen LogP contribution in [0, 0.1) is 11.8 Å². The molecule has 1 aromatic rings. The Morgan fingerprint density at radius 2 is 2.19 bits per heavy atom. The molecule has 0 heterocycles. The Balaban J connectivity index is 2.16. The average molecular weight is 308 g/mol. The van der Waals surface area contributed by atoms with Crippen molar-refractivity contribution in [2.75, 3.05) is 11.4 Å². The van der Waals surface area contributed by atoms with E-state index in [1.54, 1.807) is 0 Å². The summed E-state index contributed by atoms with van der Waals surface area (Å²) in [6.45, 7) is 5.21. The van der Waals surface area contributed by atoms with Crippen LogP contribution in [-0.2, 0) is 4.79 Å². The van der Waals surface area contributed by atoms with E-state index in [9.17, 15) is 4.79 Å². The summed E-state index contributed by atoms with van der Waals surface area (Å²) in [5.41, 5.74) is 0.944. The molecular weight excluding hydrogens is 282 g/mol. The van der Waals surface area contributed by atoms with E-state index >= 15 is 0 Å². The van der Waals surface area contributed by atoms with Gasteiger partial charge >= 0.3 is 0 Å². The molecule has 1 saturated carbocycles. The third kappa shape index (κ3) is 4.47. The van der Waals surface area contributed by atoms with Gasteiger partial charge in [-0.15, -0.1) is 0 Å². The molecule has 3 heteroatoms. The Hall–Kier alpha value is -1.02. The first-order chi connectivity index (χ1) is 10.1. The van der Waals surface area contributed by atoms with Crippen molar-refractivity contribution in [1.82, 2.24) is 0 Å². The summed E-state index contributed by atoms with van der Waals surface area (Å²) in [5, 5.41) is 0.693. The summed E-state index contributed by atoms with van der Waals surface area (Å²) in [6.07, 6.45) is 6.62. The molecule has 2 nitrogen and oxygen atoms in total. The predicted octanol–water partition coefficient (Wildman–Crippen LogP) is 5.30. The highest BCUT2D eigenvalue weighted by molar-refractivity contribution is 6.30. The highest BCUT2D eigenvalue weighted by Gasteiger charge is 2.29. The lowest BCUT2D eigenvalue weighted by Crippen LogP contribution is -2.38. The maximum absolute atomic E-state index is 12.9. The summed E-state index contributed by atoms with van der Waals surface area (Å²) >= 11 is 6.10. The van der Waals surface area contributed by atoms with Crippen LogP contribution in [0.25, 0.3) is 0 Å². The number of amides is 1. The molecule has 0 aliphatic heterocycles. The zero-order valence-electron chi connectivity index (χ0n) is 13.1. The minimum Gasteiger partial charge on any atom is -0.312 e. The molecule has 0 saturated heterocycles. The third-order valence-corrected chi connectivity index (χ3v) is 4.64. The smallest absolute Gasteiger partial charge is 0.230 e. The van der Waals surface area contributed by atoms with Crippen LogP contribution in [0.3, 0.4) is 0 Å². The molecule has 0 radical (unpaired) electrons. The van der Waals surface area contributed by atoms with Crippen molar-refractivity contribution in [3.8, 4) is 0 Å². The Morgan fingerprint density at radius 3 is 2.86 bits per heavy atom. The fraction of sp³-hybridized carbons (Fsp3) is 0.611. The lowest BCUT2D eigenvalue weighted by atomic mass is 9.81. The van der Waals surface area contributed by atoms with Crippen LogP contribution in [-0.4, -0.2) is 12.5 Å². The highest BCUT2D eigenvalue weighted by atomic mass is 35.5. The van der Waals surface area contributed by atoms with Gasteiger partial charge < -0.3 is 4.90 Å². The summed E-state index contributed by atoms with van der Waals surface area (Å²) in [7, 11) is 0. The summed E-state index contributed by atoms with van der Waals surface area (Å²) < 4.78 is 0. The molecule has 1 aliphatic carbocycles. The van der Waals surface area contributed by atoms with Gasteiger partial charge in [-0.3, -0.25) is 4.79 Å². The molecule has 21 heavy (non-hydrogen) atoms. The minimum atomic E-state index is 0.185. The fourth-order valence-corrected chi connectivity index (χ4v) is 3.39. The van der Waals surface area contributed by atoms with Crippen LogP contribution in [0.5, 0.6) is 0 Å². The number of anilines is 1. The minimum absolute atomic E-state index is 0.185. The van der Waals surface area contributed by atoms with Gasteiger partial charge in [0, 0.05) is 23.2 Å². The first kappa shape index (κ1) is 16.4. The summed E-state index contributed by atoms with van der Waals surface area (Å²) in [6, 6.07) is 7.68. The molecule has 1 fully saturated rings. The van der Waals surface area contributed by atoms with Gasteiger partial charge in [-0.25, -0.2) is 0 Å². The van der Waals surface area contributed by atoms with E-state index in [4.69, 9.17) is 11.6 Å². The quantitative estimate of drug-likeness (QED) is 0.723. The van der Waals surface area contributed by atoms with Crippen molar-refractivity contribution in [2.45, 2.75) is 52.4 Å². The van der Waals surface area contributed by atoms with Crippen molar-refractivity contribution in [1.29, 1.82) is 0 Å². The van der Waals surface area contributed by atoms with Gasteiger partial charge in [0.2, 0.25) is 5.91 Å². The van der Waals surface area contributed by atoms with Gasteiger partial charge in [-0.2, -0.15) is 0 Å². The predicted molar refractivity (Wildman–Crippen MR) is 89.8 cm³/mol. The number of unbranched alkanes of at least 4 members (excludes halogenated alkanes) is 1. The van der Waals surface area contributed by atoms with E-state index in [2.05, 4.69) is 13.8 Å². The second kappa shape index (κ2) is 7.84. The van der Waals surface area contributed by atoms with Crippen molar-refractivity contribution in [3.63, 3.8) is 0 Å². The Morgan fingerprint density at radius 1 is 1.38 bits per heavy atom. The highest BCUT2D eigenvalue weighted by Crippen LogP contribution is 2.31. The van der Waals surface area contributed by atoms with Crippen molar-refractivity contribution < 1.29 is 4.79 Å². The average Bonchev–Trinajstić information content (AvgIpc) is 2.47. The maximum Gasteiger partial charge on any atom is 0.230 e. The second-order valence-electron chi connectivity index (χ2n) is 6.29. The number of halogens is 1. The topological polar surface area (TPSA) is 20.3 Å². The van der Waals surface area contributed by atoms with Crippen LogP contribution in [0.4, 0.5) is 5.69 Å².